The van der Waals surface area contributed by atoms with Gasteiger partial charge in [0.1, 0.15) is 12.2 Å². The number of carbonyl (C=O) groups is 1. The number of hydrogen-bond donors (Lipinski definition) is 2. The summed E-state index contributed by atoms with van der Waals surface area (Å²) in [4.78, 5) is 16.8. The molecule has 0 fully saturated rings. The van der Waals surface area contributed by atoms with E-state index in [1.54, 1.807) is 30.3 Å². The lowest BCUT2D eigenvalue weighted by molar-refractivity contribution is 0.0260. The second kappa shape index (κ2) is 9.10. The van der Waals surface area contributed by atoms with Gasteiger partial charge in [-0.15, -0.1) is 0 Å². The van der Waals surface area contributed by atoms with Crippen LogP contribution >= 0.6 is 0 Å². The van der Waals surface area contributed by atoms with Crippen LogP contribution in [0.25, 0.3) is 0 Å². The molecule has 1 aliphatic rings. The average Bonchev–Trinajstić information content (AvgIpc) is 2.78. The monoisotopic (exact) mass is 452 g/mol. The van der Waals surface area contributed by atoms with Crippen molar-refractivity contribution in [1.82, 2.24) is 10.3 Å². The Kier molecular flexibility index (Phi) is 6.25. The van der Waals surface area contributed by atoms with Crippen LogP contribution in [-0.2, 0) is 33.2 Å². The molecular formula is C24H24N2O5S. The molecule has 0 spiro atoms. The molecule has 0 saturated carbocycles. The average molecular weight is 453 g/mol. The summed E-state index contributed by atoms with van der Waals surface area (Å²) >= 11 is 0. The van der Waals surface area contributed by atoms with E-state index in [1.807, 2.05) is 30.3 Å². The molecule has 8 heteroatoms. The van der Waals surface area contributed by atoms with Crippen molar-refractivity contribution in [3.63, 3.8) is 0 Å². The number of fused-ring (bicyclic) bond motifs is 1. The van der Waals surface area contributed by atoms with Crippen molar-refractivity contribution < 1.29 is 23.1 Å². The number of carbonyl (C=O) groups excluding carboxylic acids is 1. The van der Waals surface area contributed by atoms with Gasteiger partial charge in [0.2, 0.25) is 0 Å². The predicted octanol–water partition coefficient (Wildman–Crippen LogP) is 2.98. The third-order valence-electron chi connectivity index (χ3n) is 5.45. The maximum absolute atomic E-state index is 13.0. The summed E-state index contributed by atoms with van der Waals surface area (Å²) in [5, 5.41) is 14.2. The number of ether oxygens (including phenoxy) is 1. The van der Waals surface area contributed by atoms with Crippen molar-refractivity contribution in [3.8, 4) is 0 Å². The van der Waals surface area contributed by atoms with E-state index in [1.165, 1.54) is 18.3 Å². The van der Waals surface area contributed by atoms with Gasteiger partial charge in [0.15, 0.2) is 9.84 Å². The van der Waals surface area contributed by atoms with Crippen molar-refractivity contribution in [3.05, 3.63) is 95.8 Å². The Bertz CT molecular complexity index is 1190. The van der Waals surface area contributed by atoms with Gasteiger partial charge in [-0.2, -0.15) is 0 Å². The predicted molar refractivity (Wildman–Crippen MR) is 119 cm³/mol. The molecule has 166 valence electrons. The van der Waals surface area contributed by atoms with Crippen molar-refractivity contribution >= 4 is 15.9 Å². The van der Waals surface area contributed by atoms with E-state index < -0.39 is 33.3 Å². The molecule has 0 unspecified atom stereocenters. The van der Waals surface area contributed by atoms with Gasteiger partial charge >= 0.3 is 6.09 Å². The maximum atomic E-state index is 13.0. The second-order valence-electron chi connectivity index (χ2n) is 7.93. The summed E-state index contributed by atoms with van der Waals surface area (Å²) in [6.45, 7) is 0.115. The van der Waals surface area contributed by atoms with Crippen molar-refractivity contribution in [1.29, 1.82) is 0 Å². The largest absolute Gasteiger partial charge is 0.445 e. The number of pyridine rings is 1. The maximum Gasteiger partial charge on any atom is 0.407 e. The zero-order valence-electron chi connectivity index (χ0n) is 17.3. The molecule has 32 heavy (non-hydrogen) atoms. The molecule has 0 aliphatic heterocycles. The lowest BCUT2D eigenvalue weighted by atomic mass is 9.81. The fourth-order valence-corrected chi connectivity index (χ4v) is 5.67. The number of aromatic nitrogens is 1. The summed E-state index contributed by atoms with van der Waals surface area (Å²) in [5.74, 6) is -0.536. The number of sulfone groups is 1. The van der Waals surface area contributed by atoms with Crippen LogP contribution in [0.5, 0.6) is 0 Å². The summed E-state index contributed by atoms with van der Waals surface area (Å²) in [5.41, 5.74) is 0.125. The van der Waals surface area contributed by atoms with Gasteiger partial charge in [0.25, 0.3) is 0 Å². The normalized spacial score (nSPS) is 20.2. The molecule has 4 rings (SSSR count). The molecule has 1 amide bonds. The molecule has 2 N–H and O–H groups in total. The molecule has 0 saturated heterocycles. The van der Waals surface area contributed by atoms with E-state index in [0.717, 1.165) is 5.56 Å². The van der Waals surface area contributed by atoms with Gasteiger partial charge in [0.05, 0.1) is 16.3 Å². The first-order valence-electron chi connectivity index (χ1n) is 10.3. The molecule has 1 aromatic heterocycles. The number of nitrogens with one attached hydrogen (secondary N) is 1. The zero-order valence-corrected chi connectivity index (χ0v) is 18.2. The minimum absolute atomic E-state index is 0.00349. The summed E-state index contributed by atoms with van der Waals surface area (Å²) in [6, 6.07) is 20.3. The van der Waals surface area contributed by atoms with Crippen LogP contribution in [0.4, 0.5) is 4.79 Å². The van der Waals surface area contributed by atoms with Crippen LogP contribution < -0.4 is 5.32 Å². The van der Waals surface area contributed by atoms with Gasteiger partial charge in [-0.05, 0) is 35.7 Å². The van der Waals surface area contributed by atoms with Crippen molar-refractivity contribution in [2.24, 2.45) is 0 Å². The Hall–Kier alpha value is -3.23. The quantitative estimate of drug-likeness (QED) is 0.596. The lowest BCUT2D eigenvalue weighted by Gasteiger charge is -2.37. The number of aliphatic hydroxyl groups is 1. The molecule has 2 atom stereocenters. The highest BCUT2D eigenvalue weighted by Crippen LogP contribution is 2.36. The Balaban J connectivity index is 1.52. The first-order valence-corrected chi connectivity index (χ1v) is 11.9. The van der Waals surface area contributed by atoms with Crippen LogP contribution in [0.2, 0.25) is 0 Å². The number of benzene rings is 2. The first kappa shape index (κ1) is 22.0. The molecule has 7 nitrogen and oxygen atoms in total. The fourth-order valence-electron chi connectivity index (χ4n) is 4.05. The zero-order chi connectivity index (χ0) is 22.6. The highest BCUT2D eigenvalue weighted by atomic mass is 32.2. The molecule has 2 aromatic carbocycles. The standard InChI is InChI=1S/C24H24N2O5S/c27-23(31-16-18-8-3-1-4-9-18)26-20-14-19-10-7-13-25-22(19)24(28,15-20)17-32(29,30)21-11-5-2-6-12-21/h1-13,20,28H,14-17H2,(H,26,27)/t20-,24+/m1/s1. The smallest absolute Gasteiger partial charge is 0.407 e. The molecule has 1 heterocycles. The number of hydrogen-bond acceptors (Lipinski definition) is 6. The van der Waals surface area contributed by atoms with E-state index in [9.17, 15) is 18.3 Å². The summed E-state index contributed by atoms with van der Waals surface area (Å²) < 4.78 is 31.3. The van der Waals surface area contributed by atoms with Crippen LogP contribution in [0.15, 0.2) is 83.9 Å². The van der Waals surface area contributed by atoms with Crippen molar-refractivity contribution in [2.75, 3.05) is 5.75 Å². The minimum atomic E-state index is -3.79. The minimum Gasteiger partial charge on any atom is -0.445 e. The van der Waals surface area contributed by atoms with Crippen LogP contribution in [-0.4, -0.2) is 36.4 Å². The van der Waals surface area contributed by atoms with Gasteiger partial charge in [-0.1, -0.05) is 54.6 Å². The molecule has 3 aromatic rings. The van der Waals surface area contributed by atoms with E-state index in [-0.39, 0.29) is 17.9 Å². The summed E-state index contributed by atoms with van der Waals surface area (Å²) in [7, 11) is -3.79. The Morgan fingerprint density at radius 2 is 1.75 bits per heavy atom. The van der Waals surface area contributed by atoms with Gasteiger partial charge in [-0.25, -0.2) is 13.2 Å². The van der Waals surface area contributed by atoms with Gasteiger partial charge < -0.3 is 15.2 Å². The van der Waals surface area contributed by atoms with E-state index in [4.69, 9.17) is 4.74 Å². The highest BCUT2D eigenvalue weighted by molar-refractivity contribution is 7.91. The van der Waals surface area contributed by atoms with Gasteiger partial charge in [0, 0.05) is 18.7 Å². The Morgan fingerprint density at radius 3 is 2.47 bits per heavy atom. The lowest BCUT2D eigenvalue weighted by Crippen LogP contribution is -2.49. The number of rotatable bonds is 6. The topological polar surface area (TPSA) is 106 Å². The first-order chi connectivity index (χ1) is 15.4. The number of amides is 1. The second-order valence-corrected chi connectivity index (χ2v) is 9.92. The summed E-state index contributed by atoms with van der Waals surface area (Å²) in [6.07, 6.45) is 1.32. The number of nitrogens with zero attached hydrogens (tertiary/aromatic N) is 1. The SMILES string of the molecule is O=C(N[C@@H]1Cc2cccnc2[C@@](O)(CS(=O)(=O)c2ccccc2)C1)OCc1ccccc1. The third-order valence-corrected chi connectivity index (χ3v) is 7.30. The van der Waals surface area contributed by atoms with E-state index >= 15 is 0 Å². The molecule has 0 bridgehead atoms. The van der Waals surface area contributed by atoms with E-state index in [2.05, 4.69) is 10.3 Å². The Morgan fingerprint density at radius 1 is 1.06 bits per heavy atom. The van der Waals surface area contributed by atoms with E-state index in [0.29, 0.717) is 17.7 Å². The fraction of sp³-hybridized carbons (Fsp3) is 0.250. The Labute approximate surface area is 187 Å². The van der Waals surface area contributed by atoms with Crippen LogP contribution in [0.1, 0.15) is 23.2 Å². The van der Waals surface area contributed by atoms with Gasteiger partial charge in [-0.3, -0.25) is 4.98 Å². The van der Waals surface area contributed by atoms with Crippen molar-refractivity contribution in [2.45, 2.75) is 36.0 Å². The molecular weight excluding hydrogens is 428 g/mol. The van der Waals surface area contributed by atoms with Crippen LogP contribution in [0, 0.1) is 0 Å². The number of alkyl carbamates (subject to hydrolysis) is 1. The van der Waals surface area contributed by atoms with Crippen LogP contribution in [0.3, 0.4) is 0 Å². The third kappa shape index (κ3) is 4.98. The molecule has 1 aliphatic carbocycles. The molecule has 0 radical (unpaired) electrons. The highest BCUT2D eigenvalue weighted by Gasteiger charge is 2.44.